The molecule has 3 amide bonds. The molecule has 0 aliphatic carbocycles. The second kappa shape index (κ2) is 11.7. The average Bonchev–Trinajstić information content (AvgIpc) is 3.27. The van der Waals surface area contributed by atoms with Crippen molar-refractivity contribution in [3.63, 3.8) is 0 Å². The van der Waals surface area contributed by atoms with E-state index in [9.17, 15) is 45.1 Å². The van der Waals surface area contributed by atoms with Gasteiger partial charge in [0.05, 0.1) is 18.2 Å². The molecule has 0 bridgehead atoms. The maximum absolute atomic E-state index is 14.7. The van der Waals surface area contributed by atoms with Crippen molar-refractivity contribution in [1.29, 1.82) is 0 Å². The smallest absolute Gasteiger partial charge is 0.405 e. The van der Waals surface area contributed by atoms with Gasteiger partial charge in [0.25, 0.3) is 5.91 Å². The van der Waals surface area contributed by atoms with Crippen LogP contribution in [0.3, 0.4) is 0 Å². The van der Waals surface area contributed by atoms with E-state index >= 15 is 0 Å². The summed E-state index contributed by atoms with van der Waals surface area (Å²) in [7, 11) is 0.782. The van der Waals surface area contributed by atoms with Crippen molar-refractivity contribution in [3.8, 4) is 5.75 Å². The summed E-state index contributed by atoms with van der Waals surface area (Å²) in [6.45, 7) is 2.10. The van der Waals surface area contributed by atoms with Gasteiger partial charge in [0, 0.05) is 30.9 Å². The lowest BCUT2D eigenvalue weighted by Crippen LogP contribution is -2.38. The molecular formula is C22H24F7N5O4. The lowest BCUT2D eigenvalue weighted by molar-refractivity contribution is -0.275. The summed E-state index contributed by atoms with van der Waals surface area (Å²) in [5.41, 5.74) is -1.37. The SMILES string of the molecule is CC(C(=O)N(C)CC(F)(F)F)c1cc(F)c(NC(=O)CNC(=O)c2ccnn2C(C)C)cc1OC(F)(F)F. The van der Waals surface area contributed by atoms with Gasteiger partial charge in [-0.3, -0.25) is 19.1 Å². The maximum atomic E-state index is 14.7. The Hall–Kier alpha value is -3.85. The normalized spacial score (nSPS) is 12.7. The second-order valence-corrected chi connectivity index (χ2v) is 8.43. The minimum Gasteiger partial charge on any atom is -0.405 e. The monoisotopic (exact) mass is 555 g/mol. The van der Waals surface area contributed by atoms with Crippen LogP contribution in [0.25, 0.3) is 0 Å². The molecule has 0 radical (unpaired) electrons. The van der Waals surface area contributed by atoms with Gasteiger partial charge >= 0.3 is 12.5 Å². The molecular weight excluding hydrogens is 531 g/mol. The van der Waals surface area contributed by atoms with Crippen LogP contribution in [0.1, 0.15) is 48.8 Å². The molecule has 2 N–H and O–H groups in total. The van der Waals surface area contributed by atoms with Crippen molar-refractivity contribution in [2.24, 2.45) is 0 Å². The van der Waals surface area contributed by atoms with Gasteiger partial charge in [-0.25, -0.2) is 4.39 Å². The van der Waals surface area contributed by atoms with Crippen molar-refractivity contribution >= 4 is 23.4 Å². The quantitative estimate of drug-likeness (QED) is 0.456. The first kappa shape index (κ1) is 30.4. The minimum absolute atomic E-state index is 0.123. The molecule has 1 aromatic heterocycles. The van der Waals surface area contributed by atoms with E-state index in [0.717, 1.165) is 14.0 Å². The Bertz CT molecular complexity index is 1180. The Kier molecular flexibility index (Phi) is 9.34. The summed E-state index contributed by atoms with van der Waals surface area (Å²) in [5.74, 6) is -7.06. The average molecular weight is 555 g/mol. The number of hydrogen-bond acceptors (Lipinski definition) is 5. The third-order valence-electron chi connectivity index (χ3n) is 5.03. The molecule has 0 saturated heterocycles. The van der Waals surface area contributed by atoms with E-state index in [2.05, 4.69) is 15.2 Å². The number of anilines is 1. The number of ether oxygens (including phenoxy) is 1. The largest absolute Gasteiger partial charge is 0.573 e. The molecule has 0 aliphatic rings. The van der Waals surface area contributed by atoms with E-state index in [1.165, 1.54) is 16.9 Å². The first-order valence-electron chi connectivity index (χ1n) is 10.9. The number of aromatic nitrogens is 2. The molecule has 0 spiro atoms. The Morgan fingerprint density at radius 2 is 1.74 bits per heavy atom. The molecule has 210 valence electrons. The van der Waals surface area contributed by atoms with Gasteiger partial charge < -0.3 is 20.3 Å². The standard InChI is InChI=1S/C22H24F7N5O4/c1-11(2)34-16(5-6-31-34)19(36)30-9-18(35)32-15-8-17(38-22(27,28)29)13(7-14(15)23)12(3)20(37)33(4)10-21(24,25)26/h5-8,11-12H,9-10H2,1-4H3,(H,30,36)(H,32,35). The first-order chi connectivity index (χ1) is 17.4. The summed E-state index contributed by atoms with van der Waals surface area (Å²) < 4.78 is 96.8. The number of nitrogens with one attached hydrogen (secondary N) is 2. The molecule has 2 aromatic rings. The molecule has 0 fully saturated rings. The Morgan fingerprint density at radius 3 is 2.29 bits per heavy atom. The molecule has 0 aliphatic heterocycles. The van der Waals surface area contributed by atoms with E-state index in [-0.39, 0.29) is 16.6 Å². The number of nitrogens with zero attached hydrogens (tertiary/aromatic N) is 3. The fourth-order valence-electron chi connectivity index (χ4n) is 3.38. The van der Waals surface area contributed by atoms with Gasteiger partial charge in [0.1, 0.15) is 23.8 Å². The molecule has 0 saturated carbocycles. The summed E-state index contributed by atoms with van der Waals surface area (Å²) in [4.78, 5) is 37.2. The third-order valence-corrected chi connectivity index (χ3v) is 5.03. The summed E-state index contributed by atoms with van der Waals surface area (Å²) in [5, 5.41) is 8.20. The van der Waals surface area contributed by atoms with Crippen molar-refractivity contribution in [3.05, 3.63) is 41.5 Å². The highest BCUT2D eigenvalue weighted by atomic mass is 19.4. The van der Waals surface area contributed by atoms with E-state index in [4.69, 9.17) is 0 Å². The zero-order valence-electron chi connectivity index (χ0n) is 20.5. The van der Waals surface area contributed by atoms with Crippen LogP contribution >= 0.6 is 0 Å². The minimum atomic E-state index is -5.32. The van der Waals surface area contributed by atoms with Crippen LogP contribution in [0.2, 0.25) is 0 Å². The lowest BCUT2D eigenvalue weighted by Gasteiger charge is -2.24. The van der Waals surface area contributed by atoms with Gasteiger partial charge in [0.2, 0.25) is 11.8 Å². The summed E-state index contributed by atoms with van der Waals surface area (Å²) >= 11 is 0. The number of amides is 3. The van der Waals surface area contributed by atoms with E-state index < -0.39 is 72.1 Å². The number of carbonyl (C=O) groups is 3. The van der Waals surface area contributed by atoms with Crippen LogP contribution in [0.15, 0.2) is 24.4 Å². The van der Waals surface area contributed by atoms with Gasteiger partial charge in [-0.15, -0.1) is 13.2 Å². The van der Waals surface area contributed by atoms with Gasteiger partial charge in [-0.2, -0.15) is 18.3 Å². The highest BCUT2D eigenvalue weighted by molar-refractivity contribution is 5.98. The van der Waals surface area contributed by atoms with Crippen molar-refractivity contribution in [2.45, 2.75) is 45.3 Å². The van der Waals surface area contributed by atoms with Crippen LogP contribution in [-0.4, -0.2) is 65.1 Å². The van der Waals surface area contributed by atoms with Crippen molar-refractivity contribution in [1.82, 2.24) is 20.0 Å². The van der Waals surface area contributed by atoms with E-state index in [0.29, 0.717) is 12.1 Å². The first-order valence-corrected chi connectivity index (χ1v) is 10.9. The number of halogens is 7. The highest BCUT2D eigenvalue weighted by Gasteiger charge is 2.37. The summed E-state index contributed by atoms with van der Waals surface area (Å²) in [6, 6.07) is 2.10. The predicted octanol–water partition coefficient (Wildman–Crippen LogP) is 3.99. The van der Waals surface area contributed by atoms with Crippen LogP contribution in [0, 0.1) is 5.82 Å². The Labute approximate surface area is 211 Å². The number of hydrogen-bond donors (Lipinski definition) is 2. The molecule has 1 unspecified atom stereocenters. The number of benzene rings is 1. The fraction of sp³-hybridized carbons (Fsp3) is 0.455. The van der Waals surface area contributed by atoms with Crippen LogP contribution < -0.4 is 15.4 Å². The van der Waals surface area contributed by atoms with Crippen LogP contribution in [-0.2, 0) is 9.59 Å². The van der Waals surface area contributed by atoms with Crippen molar-refractivity contribution < 1.29 is 49.9 Å². The molecule has 16 heteroatoms. The number of likely N-dealkylation sites (N-methyl/N-ethyl adjacent to an activating group) is 1. The summed E-state index contributed by atoms with van der Waals surface area (Å²) in [6.07, 6.45) is -8.73. The molecule has 1 atom stereocenters. The molecule has 9 nitrogen and oxygen atoms in total. The number of rotatable bonds is 9. The molecule has 2 rings (SSSR count). The lowest BCUT2D eigenvalue weighted by atomic mass is 9.97. The van der Waals surface area contributed by atoms with Gasteiger partial charge in [-0.1, -0.05) is 0 Å². The molecule has 1 aromatic carbocycles. The van der Waals surface area contributed by atoms with Gasteiger partial charge in [0.15, 0.2) is 0 Å². The maximum Gasteiger partial charge on any atom is 0.573 e. The van der Waals surface area contributed by atoms with Crippen LogP contribution in [0.5, 0.6) is 5.75 Å². The zero-order valence-corrected chi connectivity index (χ0v) is 20.5. The second-order valence-electron chi connectivity index (χ2n) is 8.43. The third kappa shape index (κ3) is 8.34. The van der Waals surface area contributed by atoms with E-state index in [1.807, 2.05) is 5.32 Å². The van der Waals surface area contributed by atoms with Gasteiger partial charge in [-0.05, 0) is 32.9 Å². The molecule has 38 heavy (non-hydrogen) atoms. The Morgan fingerprint density at radius 1 is 1.11 bits per heavy atom. The predicted molar refractivity (Wildman–Crippen MR) is 119 cm³/mol. The Balaban J connectivity index is 2.24. The highest BCUT2D eigenvalue weighted by Crippen LogP contribution is 2.36. The number of alkyl halides is 6. The number of carbonyl (C=O) groups excluding carboxylic acids is 3. The van der Waals surface area contributed by atoms with E-state index in [1.54, 1.807) is 13.8 Å². The fourth-order valence-corrected chi connectivity index (χ4v) is 3.38. The topological polar surface area (TPSA) is 106 Å². The van der Waals surface area contributed by atoms with Crippen LogP contribution in [0.4, 0.5) is 36.4 Å². The molecule has 1 heterocycles. The van der Waals surface area contributed by atoms with Crippen molar-refractivity contribution in [2.75, 3.05) is 25.5 Å². The zero-order chi connectivity index (χ0) is 29.0.